The van der Waals surface area contributed by atoms with Crippen molar-refractivity contribution in [1.29, 1.82) is 0 Å². The lowest BCUT2D eigenvalue weighted by atomic mass is 10.1. The van der Waals surface area contributed by atoms with Crippen molar-refractivity contribution >= 4 is 11.4 Å². The van der Waals surface area contributed by atoms with Crippen LogP contribution in [0.3, 0.4) is 0 Å². The second-order valence-corrected chi connectivity index (χ2v) is 5.05. The molecule has 1 aromatic rings. The fraction of sp³-hybridized carbons (Fsp3) is 0.571. The maximum absolute atomic E-state index is 6.09. The molecule has 1 aromatic carbocycles. The van der Waals surface area contributed by atoms with Gasteiger partial charge in [0.1, 0.15) is 0 Å². The first-order chi connectivity index (χ1) is 8.11. The highest BCUT2D eigenvalue weighted by atomic mass is 15.3. The molecule has 17 heavy (non-hydrogen) atoms. The zero-order valence-corrected chi connectivity index (χ0v) is 11.1. The van der Waals surface area contributed by atoms with Crippen molar-refractivity contribution in [1.82, 2.24) is 4.90 Å². The fourth-order valence-corrected chi connectivity index (χ4v) is 2.53. The molecule has 94 valence electrons. The number of likely N-dealkylation sites (N-methyl/N-ethyl adjacent to an activating group) is 1. The number of piperazine rings is 1. The van der Waals surface area contributed by atoms with Crippen molar-refractivity contribution in [3.63, 3.8) is 0 Å². The van der Waals surface area contributed by atoms with Gasteiger partial charge in [-0.3, -0.25) is 4.90 Å². The summed E-state index contributed by atoms with van der Waals surface area (Å²) >= 11 is 0. The van der Waals surface area contributed by atoms with E-state index in [1.54, 1.807) is 0 Å². The molecule has 3 heteroatoms. The van der Waals surface area contributed by atoms with Gasteiger partial charge in [0.25, 0.3) is 0 Å². The fourth-order valence-electron chi connectivity index (χ4n) is 2.53. The Morgan fingerprint density at radius 1 is 1.35 bits per heavy atom. The number of nitrogen functional groups attached to an aromatic ring is 1. The SMILES string of the molecule is CCC1CN(c2cc(C)ccc2N)CCN1C. The van der Waals surface area contributed by atoms with Crippen molar-refractivity contribution in [3.05, 3.63) is 23.8 Å². The Labute approximate surface area is 104 Å². The Bertz CT molecular complexity index is 389. The number of hydrogen-bond donors (Lipinski definition) is 1. The maximum atomic E-state index is 6.09. The van der Waals surface area contributed by atoms with Crippen LogP contribution in [0.25, 0.3) is 0 Å². The Hall–Kier alpha value is -1.22. The summed E-state index contributed by atoms with van der Waals surface area (Å²) < 4.78 is 0. The lowest BCUT2D eigenvalue weighted by Crippen LogP contribution is -2.51. The van der Waals surface area contributed by atoms with Gasteiger partial charge in [-0.2, -0.15) is 0 Å². The van der Waals surface area contributed by atoms with E-state index in [-0.39, 0.29) is 0 Å². The summed E-state index contributed by atoms with van der Waals surface area (Å²) in [5.41, 5.74) is 9.47. The van der Waals surface area contributed by atoms with Gasteiger partial charge in [-0.25, -0.2) is 0 Å². The van der Waals surface area contributed by atoms with Crippen LogP contribution in [-0.4, -0.2) is 37.6 Å². The molecule has 1 saturated heterocycles. The van der Waals surface area contributed by atoms with Crippen molar-refractivity contribution < 1.29 is 0 Å². The number of anilines is 2. The van der Waals surface area contributed by atoms with Crippen LogP contribution >= 0.6 is 0 Å². The van der Waals surface area contributed by atoms with E-state index >= 15 is 0 Å². The van der Waals surface area contributed by atoms with E-state index in [1.807, 2.05) is 6.07 Å². The van der Waals surface area contributed by atoms with E-state index in [9.17, 15) is 0 Å². The average molecular weight is 233 g/mol. The van der Waals surface area contributed by atoms with E-state index in [4.69, 9.17) is 5.73 Å². The molecule has 0 saturated carbocycles. The van der Waals surface area contributed by atoms with Crippen LogP contribution in [-0.2, 0) is 0 Å². The summed E-state index contributed by atoms with van der Waals surface area (Å²) in [4.78, 5) is 4.87. The van der Waals surface area contributed by atoms with Gasteiger partial charge in [0.15, 0.2) is 0 Å². The summed E-state index contributed by atoms with van der Waals surface area (Å²) in [6, 6.07) is 6.94. The summed E-state index contributed by atoms with van der Waals surface area (Å²) in [6.45, 7) is 7.65. The highest BCUT2D eigenvalue weighted by Gasteiger charge is 2.23. The first-order valence-electron chi connectivity index (χ1n) is 6.43. The smallest absolute Gasteiger partial charge is 0.0603 e. The average Bonchev–Trinajstić information content (AvgIpc) is 2.33. The minimum absolute atomic E-state index is 0.642. The molecule has 0 bridgehead atoms. The number of hydrogen-bond acceptors (Lipinski definition) is 3. The minimum atomic E-state index is 0.642. The Balaban J connectivity index is 2.20. The van der Waals surface area contributed by atoms with Gasteiger partial charge in [0.05, 0.1) is 11.4 Å². The first-order valence-corrected chi connectivity index (χ1v) is 6.43. The molecule has 0 aliphatic carbocycles. The number of nitrogens with two attached hydrogens (primary N) is 1. The molecule has 3 nitrogen and oxygen atoms in total. The minimum Gasteiger partial charge on any atom is -0.397 e. The largest absolute Gasteiger partial charge is 0.397 e. The quantitative estimate of drug-likeness (QED) is 0.794. The van der Waals surface area contributed by atoms with Crippen LogP contribution in [0.5, 0.6) is 0 Å². The van der Waals surface area contributed by atoms with Gasteiger partial charge >= 0.3 is 0 Å². The van der Waals surface area contributed by atoms with Crippen LogP contribution in [0, 0.1) is 6.92 Å². The molecular formula is C14H23N3. The Kier molecular flexibility index (Phi) is 3.57. The van der Waals surface area contributed by atoms with Gasteiger partial charge < -0.3 is 10.6 Å². The van der Waals surface area contributed by atoms with Crippen LogP contribution in [0.15, 0.2) is 18.2 Å². The summed E-state index contributed by atoms with van der Waals surface area (Å²) in [6.07, 6.45) is 1.19. The number of rotatable bonds is 2. The number of nitrogens with zero attached hydrogens (tertiary/aromatic N) is 2. The molecule has 2 N–H and O–H groups in total. The van der Waals surface area contributed by atoms with E-state index in [0.717, 1.165) is 25.3 Å². The molecular weight excluding hydrogens is 210 g/mol. The monoisotopic (exact) mass is 233 g/mol. The van der Waals surface area contributed by atoms with Gasteiger partial charge in [-0.15, -0.1) is 0 Å². The zero-order valence-electron chi connectivity index (χ0n) is 11.1. The van der Waals surface area contributed by atoms with Crippen LogP contribution in [0.1, 0.15) is 18.9 Å². The zero-order chi connectivity index (χ0) is 12.4. The lowest BCUT2D eigenvalue weighted by molar-refractivity contribution is 0.213. The van der Waals surface area contributed by atoms with Crippen molar-refractivity contribution in [2.75, 3.05) is 37.3 Å². The topological polar surface area (TPSA) is 32.5 Å². The van der Waals surface area contributed by atoms with E-state index in [2.05, 4.69) is 42.8 Å². The molecule has 0 spiro atoms. The maximum Gasteiger partial charge on any atom is 0.0603 e. The number of aryl methyl sites for hydroxylation is 1. The standard InChI is InChI=1S/C14H23N3/c1-4-12-10-17(8-7-16(12)3)14-9-11(2)5-6-13(14)15/h5-6,9,12H,4,7-8,10,15H2,1-3H3. The molecule has 0 radical (unpaired) electrons. The second-order valence-electron chi connectivity index (χ2n) is 5.05. The van der Waals surface area contributed by atoms with Gasteiger partial charge in [0.2, 0.25) is 0 Å². The van der Waals surface area contributed by atoms with Gasteiger partial charge in [-0.05, 0) is 38.1 Å². The Morgan fingerprint density at radius 2 is 2.12 bits per heavy atom. The molecule has 1 heterocycles. The van der Waals surface area contributed by atoms with Crippen molar-refractivity contribution in [2.24, 2.45) is 0 Å². The molecule has 1 fully saturated rings. The third kappa shape index (κ3) is 2.55. The molecule has 1 unspecified atom stereocenters. The molecule has 1 aliphatic rings. The molecule has 2 rings (SSSR count). The number of benzene rings is 1. The Morgan fingerprint density at radius 3 is 2.82 bits per heavy atom. The third-order valence-corrected chi connectivity index (χ3v) is 3.77. The van der Waals surface area contributed by atoms with Crippen molar-refractivity contribution in [3.8, 4) is 0 Å². The molecule has 1 atom stereocenters. The van der Waals surface area contributed by atoms with E-state index in [0.29, 0.717) is 6.04 Å². The normalized spacial score (nSPS) is 21.8. The third-order valence-electron chi connectivity index (χ3n) is 3.77. The second kappa shape index (κ2) is 4.96. The highest BCUT2D eigenvalue weighted by molar-refractivity contribution is 5.68. The molecule has 0 aromatic heterocycles. The van der Waals surface area contributed by atoms with Gasteiger partial charge in [-0.1, -0.05) is 13.0 Å². The summed E-state index contributed by atoms with van der Waals surface area (Å²) in [5.74, 6) is 0. The predicted molar refractivity (Wildman–Crippen MR) is 74.5 cm³/mol. The van der Waals surface area contributed by atoms with Crippen molar-refractivity contribution in [2.45, 2.75) is 26.3 Å². The predicted octanol–water partition coefficient (Wildman–Crippen LogP) is 2.11. The van der Waals surface area contributed by atoms with E-state index in [1.165, 1.54) is 17.7 Å². The van der Waals surface area contributed by atoms with Crippen LogP contribution in [0.4, 0.5) is 11.4 Å². The van der Waals surface area contributed by atoms with E-state index < -0.39 is 0 Å². The van der Waals surface area contributed by atoms with Crippen LogP contribution in [0.2, 0.25) is 0 Å². The first kappa shape index (κ1) is 12.2. The lowest BCUT2D eigenvalue weighted by Gasteiger charge is -2.40. The van der Waals surface area contributed by atoms with Crippen LogP contribution < -0.4 is 10.6 Å². The molecule has 0 amide bonds. The highest BCUT2D eigenvalue weighted by Crippen LogP contribution is 2.26. The summed E-state index contributed by atoms with van der Waals surface area (Å²) in [5, 5.41) is 0. The molecule has 1 aliphatic heterocycles. The summed E-state index contributed by atoms with van der Waals surface area (Å²) in [7, 11) is 2.21. The van der Waals surface area contributed by atoms with Gasteiger partial charge in [0, 0.05) is 25.7 Å².